The number of hydrogen-bond donors (Lipinski definition) is 1. The first-order chi connectivity index (χ1) is 8.40. The Morgan fingerprint density at radius 1 is 1.47 bits per heavy atom. The lowest BCUT2D eigenvalue weighted by Crippen LogP contribution is -2.36. The van der Waals surface area contributed by atoms with Crippen LogP contribution in [0.5, 0.6) is 0 Å². The maximum absolute atomic E-state index is 5.34. The zero-order valence-corrected chi connectivity index (χ0v) is 11.3. The molecular weight excluding hydrogens is 234 g/mol. The molecule has 2 heterocycles. The average molecular weight is 255 g/mol. The summed E-state index contributed by atoms with van der Waals surface area (Å²) in [6.45, 7) is 7.84. The van der Waals surface area contributed by atoms with E-state index in [0.717, 1.165) is 44.5 Å². The number of unbranched alkanes of at least 4 members (excludes halogenated alkanes) is 1. The first-order valence-corrected chi connectivity index (χ1v) is 7.20. The van der Waals surface area contributed by atoms with E-state index >= 15 is 0 Å². The minimum atomic E-state index is 0.823. The molecule has 4 nitrogen and oxygen atoms in total. The number of thiazole rings is 1. The van der Waals surface area contributed by atoms with E-state index in [9.17, 15) is 0 Å². The Balaban J connectivity index is 1.78. The Labute approximate surface area is 107 Å². The van der Waals surface area contributed by atoms with Gasteiger partial charge in [0.1, 0.15) is 0 Å². The molecule has 96 valence electrons. The number of hydrogen-bond acceptors (Lipinski definition) is 5. The molecule has 1 aliphatic rings. The van der Waals surface area contributed by atoms with Crippen molar-refractivity contribution < 1.29 is 4.74 Å². The van der Waals surface area contributed by atoms with E-state index in [1.807, 2.05) is 6.20 Å². The summed E-state index contributed by atoms with van der Waals surface area (Å²) in [5.41, 5.74) is 0. The van der Waals surface area contributed by atoms with Crippen LogP contribution in [0.1, 0.15) is 24.6 Å². The van der Waals surface area contributed by atoms with Crippen molar-refractivity contribution >= 4 is 16.5 Å². The first kappa shape index (κ1) is 12.8. The maximum Gasteiger partial charge on any atom is 0.185 e. The highest BCUT2D eigenvalue weighted by atomic mass is 32.1. The van der Waals surface area contributed by atoms with Crippen molar-refractivity contribution in [2.45, 2.75) is 26.3 Å². The van der Waals surface area contributed by atoms with E-state index in [4.69, 9.17) is 4.74 Å². The largest absolute Gasteiger partial charge is 0.378 e. The van der Waals surface area contributed by atoms with Crippen molar-refractivity contribution in [3.05, 3.63) is 11.1 Å². The fourth-order valence-electron chi connectivity index (χ4n) is 1.79. The fraction of sp³-hybridized carbons (Fsp3) is 0.750. The predicted octanol–water partition coefficient (Wildman–Crippen LogP) is 1.87. The minimum absolute atomic E-state index is 0.823. The van der Waals surface area contributed by atoms with Crippen LogP contribution in [0.2, 0.25) is 0 Å². The smallest absolute Gasteiger partial charge is 0.185 e. The second kappa shape index (κ2) is 6.93. The standard InChI is InChI=1S/C12H21N3OS/c1-2-3-4-13-9-11-10-14-12(17-11)15-5-7-16-8-6-15/h10,13H,2-9H2,1H3. The molecule has 1 saturated heterocycles. The zero-order valence-electron chi connectivity index (χ0n) is 10.4. The summed E-state index contributed by atoms with van der Waals surface area (Å²) in [5.74, 6) is 0. The zero-order chi connectivity index (χ0) is 11.9. The molecule has 0 unspecified atom stereocenters. The summed E-state index contributed by atoms with van der Waals surface area (Å²) in [6, 6.07) is 0. The van der Waals surface area contributed by atoms with Gasteiger partial charge in [-0.2, -0.15) is 0 Å². The Bertz CT molecular complexity index is 323. The maximum atomic E-state index is 5.34. The van der Waals surface area contributed by atoms with Crippen LogP contribution >= 0.6 is 11.3 Å². The lowest BCUT2D eigenvalue weighted by molar-refractivity contribution is 0.122. The summed E-state index contributed by atoms with van der Waals surface area (Å²) < 4.78 is 5.34. The topological polar surface area (TPSA) is 37.4 Å². The Morgan fingerprint density at radius 2 is 2.29 bits per heavy atom. The Kier molecular flexibility index (Phi) is 5.22. The van der Waals surface area contributed by atoms with Gasteiger partial charge in [0.2, 0.25) is 0 Å². The molecule has 1 N–H and O–H groups in total. The van der Waals surface area contributed by atoms with E-state index in [0.29, 0.717) is 0 Å². The molecule has 1 fully saturated rings. The van der Waals surface area contributed by atoms with E-state index in [2.05, 4.69) is 22.1 Å². The molecule has 0 amide bonds. The fourth-order valence-corrected chi connectivity index (χ4v) is 2.72. The van der Waals surface area contributed by atoms with Crippen LogP contribution < -0.4 is 10.2 Å². The number of rotatable bonds is 6. The van der Waals surface area contributed by atoms with E-state index in [-0.39, 0.29) is 0 Å². The van der Waals surface area contributed by atoms with Gasteiger partial charge in [-0.15, -0.1) is 11.3 Å². The van der Waals surface area contributed by atoms with Crippen LogP contribution in [0.3, 0.4) is 0 Å². The predicted molar refractivity (Wildman–Crippen MR) is 71.8 cm³/mol. The highest BCUT2D eigenvalue weighted by molar-refractivity contribution is 7.15. The molecule has 0 bridgehead atoms. The number of anilines is 1. The molecule has 17 heavy (non-hydrogen) atoms. The molecule has 0 radical (unpaired) electrons. The first-order valence-electron chi connectivity index (χ1n) is 6.38. The van der Waals surface area contributed by atoms with Crippen LogP contribution in [-0.2, 0) is 11.3 Å². The van der Waals surface area contributed by atoms with Crippen molar-refractivity contribution in [3.8, 4) is 0 Å². The second-order valence-corrected chi connectivity index (χ2v) is 5.33. The van der Waals surface area contributed by atoms with Crippen molar-refractivity contribution in [1.82, 2.24) is 10.3 Å². The lowest BCUT2D eigenvalue weighted by atomic mass is 10.3. The molecule has 0 spiro atoms. The monoisotopic (exact) mass is 255 g/mol. The number of nitrogens with zero attached hydrogens (tertiary/aromatic N) is 2. The van der Waals surface area contributed by atoms with Gasteiger partial charge < -0.3 is 15.0 Å². The molecule has 0 atom stereocenters. The third kappa shape index (κ3) is 3.94. The minimum Gasteiger partial charge on any atom is -0.378 e. The quantitative estimate of drug-likeness (QED) is 0.788. The molecule has 1 aromatic heterocycles. The Morgan fingerprint density at radius 3 is 3.06 bits per heavy atom. The lowest BCUT2D eigenvalue weighted by Gasteiger charge is -2.25. The van der Waals surface area contributed by atoms with Crippen LogP contribution in [0.4, 0.5) is 5.13 Å². The Hall–Kier alpha value is -0.650. The molecule has 1 aromatic rings. The molecule has 0 saturated carbocycles. The second-order valence-electron chi connectivity index (χ2n) is 4.24. The normalized spacial score (nSPS) is 16.4. The van der Waals surface area contributed by atoms with Gasteiger partial charge in [-0.3, -0.25) is 0 Å². The van der Waals surface area contributed by atoms with Gasteiger partial charge in [0.25, 0.3) is 0 Å². The van der Waals surface area contributed by atoms with E-state index in [1.165, 1.54) is 17.7 Å². The summed E-state index contributed by atoms with van der Waals surface area (Å²) in [6.07, 6.45) is 4.48. The summed E-state index contributed by atoms with van der Waals surface area (Å²) in [5, 5.41) is 4.59. The summed E-state index contributed by atoms with van der Waals surface area (Å²) >= 11 is 1.79. The number of ether oxygens (including phenoxy) is 1. The van der Waals surface area contributed by atoms with E-state index in [1.54, 1.807) is 11.3 Å². The molecular formula is C12H21N3OS. The summed E-state index contributed by atoms with van der Waals surface area (Å²) in [7, 11) is 0. The van der Waals surface area contributed by atoms with Gasteiger partial charge in [0, 0.05) is 30.7 Å². The van der Waals surface area contributed by atoms with Gasteiger partial charge in [0.15, 0.2) is 5.13 Å². The SMILES string of the molecule is CCCCNCc1cnc(N2CCOCC2)s1. The van der Waals surface area contributed by atoms with Crippen molar-refractivity contribution in [1.29, 1.82) is 0 Å². The molecule has 1 aliphatic heterocycles. The van der Waals surface area contributed by atoms with Crippen molar-refractivity contribution in [2.24, 2.45) is 0 Å². The third-order valence-corrected chi connectivity index (χ3v) is 3.89. The van der Waals surface area contributed by atoms with Gasteiger partial charge in [0.05, 0.1) is 13.2 Å². The highest BCUT2D eigenvalue weighted by Crippen LogP contribution is 2.23. The highest BCUT2D eigenvalue weighted by Gasteiger charge is 2.14. The van der Waals surface area contributed by atoms with Crippen molar-refractivity contribution in [2.75, 3.05) is 37.7 Å². The van der Waals surface area contributed by atoms with Crippen molar-refractivity contribution in [3.63, 3.8) is 0 Å². The van der Waals surface area contributed by atoms with Crippen LogP contribution in [-0.4, -0.2) is 37.8 Å². The van der Waals surface area contributed by atoms with Crippen LogP contribution in [0.25, 0.3) is 0 Å². The van der Waals surface area contributed by atoms with Gasteiger partial charge in [-0.25, -0.2) is 4.98 Å². The number of aromatic nitrogens is 1. The van der Waals surface area contributed by atoms with Gasteiger partial charge >= 0.3 is 0 Å². The van der Waals surface area contributed by atoms with Gasteiger partial charge in [-0.05, 0) is 13.0 Å². The summed E-state index contributed by atoms with van der Waals surface area (Å²) in [4.78, 5) is 8.12. The molecule has 2 rings (SSSR count). The molecule has 0 aromatic carbocycles. The van der Waals surface area contributed by atoms with Gasteiger partial charge in [-0.1, -0.05) is 13.3 Å². The van der Waals surface area contributed by atoms with Crippen LogP contribution in [0, 0.1) is 0 Å². The molecule has 0 aliphatic carbocycles. The number of morpholine rings is 1. The third-order valence-electron chi connectivity index (χ3n) is 2.83. The number of nitrogens with one attached hydrogen (secondary N) is 1. The molecule has 5 heteroatoms. The average Bonchev–Trinajstić information content (AvgIpc) is 2.85. The van der Waals surface area contributed by atoms with Crippen LogP contribution in [0.15, 0.2) is 6.20 Å². The van der Waals surface area contributed by atoms with E-state index < -0.39 is 0 Å².